The number of halogens is 1. The first-order chi connectivity index (χ1) is 14.6. The molecular formula is C23H28FN3O3. The van der Waals surface area contributed by atoms with Gasteiger partial charge in [0.1, 0.15) is 11.6 Å². The van der Waals surface area contributed by atoms with Gasteiger partial charge in [-0.15, -0.1) is 0 Å². The van der Waals surface area contributed by atoms with Gasteiger partial charge in [-0.05, 0) is 43.0 Å². The molecule has 160 valence electrons. The van der Waals surface area contributed by atoms with Crippen molar-refractivity contribution in [2.75, 3.05) is 33.4 Å². The van der Waals surface area contributed by atoms with Crippen LogP contribution in [0.25, 0.3) is 0 Å². The maximum absolute atomic E-state index is 13.1. The van der Waals surface area contributed by atoms with Crippen LogP contribution in [0.5, 0.6) is 5.75 Å². The van der Waals surface area contributed by atoms with E-state index in [1.54, 1.807) is 11.0 Å². The van der Waals surface area contributed by atoms with Crippen LogP contribution in [0.2, 0.25) is 0 Å². The van der Waals surface area contributed by atoms with Gasteiger partial charge in [0.15, 0.2) is 6.61 Å². The highest BCUT2D eigenvalue weighted by Gasteiger charge is 2.38. The number of aromatic nitrogens is 1. The fourth-order valence-corrected chi connectivity index (χ4v) is 4.16. The van der Waals surface area contributed by atoms with Crippen molar-refractivity contribution in [1.29, 1.82) is 0 Å². The fourth-order valence-electron chi connectivity index (χ4n) is 4.16. The number of ether oxygens (including phenoxy) is 2. The molecule has 30 heavy (non-hydrogen) atoms. The van der Waals surface area contributed by atoms with Gasteiger partial charge in [-0.2, -0.15) is 0 Å². The molecule has 1 amide bonds. The van der Waals surface area contributed by atoms with Crippen LogP contribution in [0.15, 0.2) is 42.6 Å². The SMILES string of the molecule is CN1C(=O)COc2ccccc2CCCCO[C@H]2CN(Cc3ccc(F)cn3)C[C@@H]21. The monoisotopic (exact) mass is 413 g/mol. The van der Waals surface area contributed by atoms with Gasteiger partial charge in [0.2, 0.25) is 0 Å². The van der Waals surface area contributed by atoms with Crippen molar-refractivity contribution >= 4 is 5.91 Å². The number of pyridine rings is 1. The lowest BCUT2D eigenvalue weighted by atomic mass is 10.1. The highest BCUT2D eigenvalue weighted by molar-refractivity contribution is 5.78. The van der Waals surface area contributed by atoms with Crippen LogP contribution in [0.3, 0.4) is 0 Å². The Kier molecular flexibility index (Phi) is 6.59. The summed E-state index contributed by atoms with van der Waals surface area (Å²) in [6.07, 6.45) is 4.03. The van der Waals surface area contributed by atoms with Gasteiger partial charge in [0.25, 0.3) is 5.91 Å². The summed E-state index contributed by atoms with van der Waals surface area (Å²) in [7, 11) is 1.82. The van der Waals surface area contributed by atoms with Crippen LogP contribution in [-0.4, -0.2) is 66.2 Å². The van der Waals surface area contributed by atoms with E-state index in [-0.39, 0.29) is 30.5 Å². The quantitative estimate of drug-likeness (QED) is 0.758. The third-order valence-corrected chi connectivity index (χ3v) is 5.87. The molecule has 7 heteroatoms. The van der Waals surface area contributed by atoms with E-state index in [1.807, 2.05) is 25.2 Å². The Morgan fingerprint density at radius 2 is 2.03 bits per heavy atom. The second-order valence-electron chi connectivity index (χ2n) is 8.00. The molecule has 6 nitrogen and oxygen atoms in total. The molecule has 0 unspecified atom stereocenters. The van der Waals surface area contributed by atoms with Crippen molar-refractivity contribution in [3.8, 4) is 5.75 Å². The number of likely N-dealkylation sites (N-methyl/N-ethyl adjacent to an activating group) is 1. The minimum Gasteiger partial charge on any atom is -0.483 e. The van der Waals surface area contributed by atoms with Gasteiger partial charge in [0, 0.05) is 33.3 Å². The van der Waals surface area contributed by atoms with Gasteiger partial charge < -0.3 is 14.4 Å². The number of rotatable bonds is 2. The number of hydrogen-bond acceptors (Lipinski definition) is 5. The molecule has 1 aromatic carbocycles. The van der Waals surface area contributed by atoms with Gasteiger partial charge in [-0.3, -0.25) is 14.7 Å². The second kappa shape index (κ2) is 9.53. The molecule has 2 aliphatic rings. The zero-order valence-electron chi connectivity index (χ0n) is 17.3. The summed E-state index contributed by atoms with van der Waals surface area (Å²) >= 11 is 0. The summed E-state index contributed by atoms with van der Waals surface area (Å²) in [5.41, 5.74) is 1.93. The molecule has 1 saturated heterocycles. The molecule has 1 fully saturated rings. The van der Waals surface area contributed by atoms with E-state index >= 15 is 0 Å². The number of para-hydroxylation sites is 1. The lowest BCUT2D eigenvalue weighted by molar-refractivity contribution is -0.136. The van der Waals surface area contributed by atoms with Crippen molar-refractivity contribution < 1.29 is 18.7 Å². The summed E-state index contributed by atoms with van der Waals surface area (Å²) < 4.78 is 25.2. The topological polar surface area (TPSA) is 54.9 Å². The van der Waals surface area contributed by atoms with E-state index in [0.717, 1.165) is 36.3 Å². The number of hydrogen-bond donors (Lipinski definition) is 0. The number of fused-ring (bicyclic) bond motifs is 2. The maximum Gasteiger partial charge on any atom is 0.260 e. The Hall–Kier alpha value is -2.51. The largest absolute Gasteiger partial charge is 0.483 e. The van der Waals surface area contributed by atoms with Crippen molar-refractivity contribution in [2.24, 2.45) is 0 Å². The van der Waals surface area contributed by atoms with E-state index in [0.29, 0.717) is 26.2 Å². The predicted molar refractivity (Wildman–Crippen MR) is 111 cm³/mol. The number of carbonyl (C=O) groups excluding carboxylic acids is 1. The molecule has 3 heterocycles. The first-order valence-corrected chi connectivity index (χ1v) is 10.5. The van der Waals surface area contributed by atoms with Crippen LogP contribution in [0.1, 0.15) is 24.1 Å². The van der Waals surface area contributed by atoms with E-state index in [4.69, 9.17) is 9.47 Å². The van der Waals surface area contributed by atoms with Crippen LogP contribution >= 0.6 is 0 Å². The molecule has 2 atom stereocenters. The maximum atomic E-state index is 13.1. The molecule has 0 bridgehead atoms. The first-order valence-electron chi connectivity index (χ1n) is 10.5. The lowest BCUT2D eigenvalue weighted by Crippen LogP contribution is -2.47. The Bertz CT molecular complexity index is 861. The van der Waals surface area contributed by atoms with E-state index in [2.05, 4.69) is 16.0 Å². The van der Waals surface area contributed by atoms with E-state index in [1.165, 1.54) is 12.3 Å². The van der Waals surface area contributed by atoms with Crippen LogP contribution in [-0.2, 0) is 22.5 Å². The van der Waals surface area contributed by atoms with Crippen molar-refractivity contribution in [1.82, 2.24) is 14.8 Å². The Morgan fingerprint density at radius 3 is 2.87 bits per heavy atom. The van der Waals surface area contributed by atoms with E-state index in [9.17, 15) is 9.18 Å². The Morgan fingerprint density at radius 1 is 1.17 bits per heavy atom. The zero-order valence-corrected chi connectivity index (χ0v) is 17.3. The summed E-state index contributed by atoms with van der Waals surface area (Å²) in [6.45, 7) is 2.67. The number of amides is 1. The van der Waals surface area contributed by atoms with Crippen molar-refractivity contribution in [2.45, 2.75) is 38.0 Å². The molecule has 0 radical (unpaired) electrons. The van der Waals surface area contributed by atoms with Gasteiger partial charge in [-0.1, -0.05) is 18.2 Å². The fraction of sp³-hybridized carbons (Fsp3) is 0.478. The Balaban J connectivity index is 1.46. The normalized spacial score (nSPS) is 23.5. The summed E-state index contributed by atoms with van der Waals surface area (Å²) in [5, 5.41) is 0. The molecule has 2 aliphatic heterocycles. The average molecular weight is 413 g/mol. The summed E-state index contributed by atoms with van der Waals surface area (Å²) in [5.74, 6) is 0.378. The third-order valence-electron chi connectivity index (χ3n) is 5.87. The molecule has 0 N–H and O–H groups in total. The molecule has 2 aromatic rings. The average Bonchev–Trinajstić information content (AvgIpc) is 3.15. The molecule has 0 spiro atoms. The standard InChI is InChI=1S/C23H28FN3O3/c1-26-20-14-27(13-19-10-9-18(24)12-25-19)15-22(20)29-11-5-4-7-17-6-2-3-8-21(17)30-16-23(26)28/h2-3,6,8-10,12,20,22H,4-5,7,11,13-16H2,1H3/t20-,22-/m0/s1. The lowest BCUT2D eigenvalue weighted by Gasteiger charge is -2.29. The molecule has 1 aromatic heterocycles. The number of aryl methyl sites for hydroxylation is 1. The highest BCUT2D eigenvalue weighted by atomic mass is 19.1. The third kappa shape index (κ3) is 4.96. The molecule has 0 saturated carbocycles. The minimum absolute atomic E-state index is 0.0102. The number of benzene rings is 1. The highest BCUT2D eigenvalue weighted by Crippen LogP contribution is 2.24. The molecular weight excluding hydrogens is 385 g/mol. The minimum atomic E-state index is -0.340. The van der Waals surface area contributed by atoms with Crippen LogP contribution in [0, 0.1) is 5.82 Å². The van der Waals surface area contributed by atoms with Gasteiger partial charge in [-0.25, -0.2) is 4.39 Å². The van der Waals surface area contributed by atoms with Crippen LogP contribution in [0.4, 0.5) is 4.39 Å². The molecule has 0 aliphatic carbocycles. The smallest absolute Gasteiger partial charge is 0.260 e. The zero-order chi connectivity index (χ0) is 20.9. The predicted octanol–water partition coefficient (Wildman–Crippen LogP) is 2.66. The number of likely N-dealkylation sites (tertiary alicyclic amines) is 1. The first kappa shape index (κ1) is 20.8. The summed E-state index contributed by atoms with van der Waals surface area (Å²) in [4.78, 5) is 21.0. The Labute approximate surface area is 176 Å². The summed E-state index contributed by atoms with van der Waals surface area (Å²) in [6, 6.07) is 11.0. The van der Waals surface area contributed by atoms with Crippen molar-refractivity contribution in [3.63, 3.8) is 0 Å². The second-order valence-corrected chi connectivity index (χ2v) is 8.00. The van der Waals surface area contributed by atoms with Crippen molar-refractivity contribution in [3.05, 3.63) is 59.7 Å². The number of carbonyl (C=O) groups is 1. The van der Waals surface area contributed by atoms with E-state index < -0.39 is 0 Å². The van der Waals surface area contributed by atoms with Gasteiger partial charge >= 0.3 is 0 Å². The molecule has 4 rings (SSSR count). The van der Waals surface area contributed by atoms with Crippen LogP contribution < -0.4 is 4.74 Å². The number of nitrogens with zero attached hydrogens (tertiary/aromatic N) is 3. The van der Waals surface area contributed by atoms with Gasteiger partial charge in [0.05, 0.1) is 24.0 Å².